The summed E-state index contributed by atoms with van der Waals surface area (Å²) in [5, 5.41) is 0. The van der Waals surface area contributed by atoms with Gasteiger partial charge in [0.1, 0.15) is 0 Å². The second kappa shape index (κ2) is 4.13. The molecule has 2 unspecified atom stereocenters. The van der Waals surface area contributed by atoms with E-state index in [-0.39, 0.29) is 5.41 Å². The Balaban J connectivity index is 2.83. The average Bonchev–Trinajstić information content (AvgIpc) is 2.02. The van der Waals surface area contributed by atoms with Crippen molar-refractivity contribution in [2.24, 2.45) is 17.3 Å². The fourth-order valence-corrected chi connectivity index (χ4v) is 2.49. The maximum atomic E-state index is 12.9. The molecule has 0 saturated carbocycles. The van der Waals surface area contributed by atoms with Gasteiger partial charge >= 0.3 is 0 Å². The Morgan fingerprint density at radius 1 is 1.36 bits per heavy atom. The zero-order valence-electron chi connectivity index (χ0n) is 9.56. The highest BCUT2D eigenvalue weighted by molar-refractivity contribution is 4.92. The molecule has 1 rings (SSSR count). The number of rotatable bonds is 2. The molecule has 0 N–H and O–H groups in total. The van der Waals surface area contributed by atoms with Crippen molar-refractivity contribution < 1.29 is 8.78 Å². The molecule has 0 spiro atoms. The molecule has 0 amide bonds. The number of alkyl halides is 2. The monoisotopic (exact) mass is 205 g/mol. The van der Waals surface area contributed by atoms with E-state index in [4.69, 9.17) is 0 Å². The average molecular weight is 205 g/mol. The predicted molar refractivity (Wildman–Crippen MR) is 54.6 cm³/mol. The van der Waals surface area contributed by atoms with Gasteiger partial charge in [0.2, 0.25) is 6.43 Å². The lowest BCUT2D eigenvalue weighted by Crippen LogP contribution is -2.50. The molecule has 1 saturated heterocycles. The van der Waals surface area contributed by atoms with Crippen LogP contribution in [0.4, 0.5) is 8.78 Å². The molecule has 0 aromatic rings. The van der Waals surface area contributed by atoms with Crippen LogP contribution >= 0.6 is 0 Å². The molecule has 1 aliphatic heterocycles. The van der Waals surface area contributed by atoms with Gasteiger partial charge in [0, 0.05) is 12.5 Å². The first-order chi connectivity index (χ1) is 6.38. The number of halogens is 2. The van der Waals surface area contributed by atoms with Crippen molar-refractivity contribution in [2.45, 2.75) is 33.6 Å². The first-order valence-electron chi connectivity index (χ1n) is 5.34. The standard InChI is InChI=1S/C11H21F2N/c1-8(2)11(3)7-14(4)6-5-9(11)10(12)13/h8-10H,5-7H2,1-4H3. The Labute approximate surface area is 85.5 Å². The van der Waals surface area contributed by atoms with E-state index in [9.17, 15) is 8.78 Å². The van der Waals surface area contributed by atoms with Crippen molar-refractivity contribution in [3.63, 3.8) is 0 Å². The van der Waals surface area contributed by atoms with E-state index in [1.54, 1.807) is 0 Å². The molecule has 2 atom stereocenters. The summed E-state index contributed by atoms with van der Waals surface area (Å²) in [5.41, 5.74) is -0.235. The van der Waals surface area contributed by atoms with Crippen molar-refractivity contribution in [3.8, 4) is 0 Å². The summed E-state index contributed by atoms with van der Waals surface area (Å²) in [6, 6.07) is 0. The number of hydrogen-bond acceptors (Lipinski definition) is 1. The molecule has 0 aromatic heterocycles. The number of hydrogen-bond donors (Lipinski definition) is 0. The summed E-state index contributed by atoms with van der Waals surface area (Å²) in [6.07, 6.45) is -1.54. The smallest absolute Gasteiger partial charge is 0.242 e. The molecule has 3 heteroatoms. The molecule has 1 aliphatic rings. The number of nitrogens with zero attached hydrogens (tertiary/aromatic N) is 1. The third-order valence-corrected chi connectivity index (χ3v) is 3.90. The molecule has 84 valence electrons. The lowest BCUT2D eigenvalue weighted by atomic mass is 9.66. The molecule has 0 bridgehead atoms. The summed E-state index contributed by atoms with van der Waals surface area (Å²) < 4.78 is 25.8. The normalized spacial score (nSPS) is 35.6. The van der Waals surface area contributed by atoms with Gasteiger partial charge in [0.05, 0.1) is 0 Å². The van der Waals surface area contributed by atoms with Gasteiger partial charge in [-0.1, -0.05) is 20.8 Å². The van der Waals surface area contributed by atoms with Gasteiger partial charge in [-0.25, -0.2) is 8.78 Å². The molecule has 1 fully saturated rings. The van der Waals surface area contributed by atoms with Crippen molar-refractivity contribution >= 4 is 0 Å². The highest BCUT2D eigenvalue weighted by Gasteiger charge is 2.45. The Morgan fingerprint density at radius 2 is 1.93 bits per heavy atom. The fraction of sp³-hybridized carbons (Fsp3) is 1.00. The van der Waals surface area contributed by atoms with Gasteiger partial charge in [-0.3, -0.25) is 0 Å². The van der Waals surface area contributed by atoms with Crippen LogP contribution in [0, 0.1) is 17.3 Å². The van der Waals surface area contributed by atoms with Crippen molar-refractivity contribution in [1.29, 1.82) is 0 Å². The van der Waals surface area contributed by atoms with Gasteiger partial charge in [-0.15, -0.1) is 0 Å². The second-order valence-corrected chi connectivity index (χ2v) is 5.13. The maximum absolute atomic E-state index is 12.9. The van der Waals surface area contributed by atoms with E-state index >= 15 is 0 Å². The highest BCUT2D eigenvalue weighted by atomic mass is 19.3. The van der Waals surface area contributed by atoms with E-state index in [1.807, 2.05) is 14.0 Å². The Morgan fingerprint density at radius 3 is 2.36 bits per heavy atom. The molecule has 1 nitrogen and oxygen atoms in total. The summed E-state index contributed by atoms with van der Waals surface area (Å²) in [4.78, 5) is 2.17. The number of likely N-dealkylation sites (tertiary alicyclic amines) is 1. The number of piperidine rings is 1. The van der Waals surface area contributed by atoms with Gasteiger partial charge in [0.15, 0.2) is 0 Å². The lowest BCUT2D eigenvalue weighted by Gasteiger charge is -2.47. The molecule has 14 heavy (non-hydrogen) atoms. The zero-order valence-corrected chi connectivity index (χ0v) is 9.56. The van der Waals surface area contributed by atoms with Crippen molar-refractivity contribution in [1.82, 2.24) is 4.90 Å². The summed E-state index contributed by atoms with van der Waals surface area (Å²) in [7, 11) is 2.02. The summed E-state index contributed by atoms with van der Waals surface area (Å²) in [5.74, 6) is -0.122. The molecule has 1 heterocycles. The van der Waals surface area contributed by atoms with E-state index in [0.29, 0.717) is 12.3 Å². The van der Waals surface area contributed by atoms with Crippen LogP contribution in [0.5, 0.6) is 0 Å². The SMILES string of the molecule is CC(C)C1(C)CN(C)CCC1C(F)F. The van der Waals surface area contributed by atoms with Crippen LogP contribution in [0.2, 0.25) is 0 Å². The van der Waals surface area contributed by atoms with Crippen LogP contribution in [0.15, 0.2) is 0 Å². The van der Waals surface area contributed by atoms with Gasteiger partial charge < -0.3 is 4.90 Å². The molecule has 0 aliphatic carbocycles. The minimum absolute atomic E-state index is 0.235. The third-order valence-electron chi connectivity index (χ3n) is 3.90. The van der Waals surface area contributed by atoms with E-state index in [0.717, 1.165) is 13.1 Å². The van der Waals surface area contributed by atoms with Crippen LogP contribution in [0.25, 0.3) is 0 Å². The second-order valence-electron chi connectivity index (χ2n) is 5.13. The molecule has 0 radical (unpaired) electrons. The van der Waals surface area contributed by atoms with Gasteiger partial charge in [-0.05, 0) is 31.3 Å². The van der Waals surface area contributed by atoms with Crippen LogP contribution in [0.3, 0.4) is 0 Å². The third kappa shape index (κ3) is 2.08. The molecular weight excluding hydrogens is 184 g/mol. The Hall–Kier alpha value is -0.180. The summed E-state index contributed by atoms with van der Waals surface area (Å²) in [6.45, 7) is 7.70. The van der Waals surface area contributed by atoms with Gasteiger partial charge in [0.25, 0.3) is 0 Å². The van der Waals surface area contributed by atoms with Crippen LogP contribution < -0.4 is 0 Å². The zero-order chi connectivity index (χ0) is 10.9. The van der Waals surface area contributed by atoms with Crippen LogP contribution in [0.1, 0.15) is 27.2 Å². The largest absolute Gasteiger partial charge is 0.306 e. The molecule has 0 aromatic carbocycles. The van der Waals surface area contributed by atoms with Crippen molar-refractivity contribution in [3.05, 3.63) is 0 Å². The first-order valence-corrected chi connectivity index (χ1v) is 5.34. The quantitative estimate of drug-likeness (QED) is 0.670. The highest BCUT2D eigenvalue weighted by Crippen LogP contribution is 2.44. The summed E-state index contributed by atoms with van der Waals surface area (Å²) >= 11 is 0. The fourth-order valence-electron chi connectivity index (χ4n) is 2.49. The minimum Gasteiger partial charge on any atom is -0.306 e. The Bertz CT molecular complexity index is 194. The van der Waals surface area contributed by atoms with Crippen molar-refractivity contribution in [2.75, 3.05) is 20.1 Å². The van der Waals surface area contributed by atoms with Crippen LogP contribution in [-0.4, -0.2) is 31.5 Å². The van der Waals surface area contributed by atoms with E-state index < -0.39 is 12.3 Å². The lowest BCUT2D eigenvalue weighted by molar-refractivity contribution is -0.0702. The minimum atomic E-state index is -2.17. The first kappa shape index (κ1) is 11.9. The maximum Gasteiger partial charge on any atom is 0.242 e. The topological polar surface area (TPSA) is 3.24 Å². The van der Waals surface area contributed by atoms with Gasteiger partial charge in [-0.2, -0.15) is 0 Å². The predicted octanol–water partition coefficient (Wildman–Crippen LogP) is 2.87. The van der Waals surface area contributed by atoms with E-state index in [2.05, 4.69) is 18.7 Å². The van der Waals surface area contributed by atoms with Crippen LogP contribution in [-0.2, 0) is 0 Å². The Kier molecular flexibility index (Phi) is 3.51. The van der Waals surface area contributed by atoms with E-state index in [1.165, 1.54) is 0 Å². The molecular formula is C11H21F2N.